The molecule has 0 aromatic heterocycles. The zero-order valence-corrected chi connectivity index (χ0v) is 12.8. The molecule has 1 aromatic carbocycles. The van der Waals surface area contributed by atoms with Gasteiger partial charge in [0.15, 0.2) is 0 Å². The Morgan fingerprint density at radius 1 is 1.23 bits per heavy atom. The molecule has 122 valence electrons. The summed E-state index contributed by atoms with van der Waals surface area (Å²) in [5, 5.41) is 12.1. The van der Waals surface area contributed by atoms with E-state index in [-0.39, 0.29) is 19.6 Å². The largest absolute Gasteiger partial charge is 0.461 e. The molecule has 0 spiro atoms. The Morgan fingerprint density at radius 2 is 1.95 bits per heavy atom. The van der Waals surface area contributed by atoms with Crippen LogP contribution in [0.3, 0.4) is 0 Å². The average molecular weight is 309 g/mol. The topological polar surface area (TPSA) is 84.9 Å². The molecule has 0 aliphatic heterocycles. The molecule has 6 heteroatoms. The van der Waals surface area contributed by atoms with Crippen molar-refractivity contribution >= 4 is 12.1 Å². The quantitative estimate of drug-likeness (QED) is 0.538. The summed E-state index contributed by atoms with van der Waals surface area (Å²) in [6.45, 7) is 2.45. The highest BCUT2D eigenvalue weighted by atomic mass is 16.5. The number of benzene rings is 1. The van der Waals surface area contributed by atoms with Crippen LogP contribution in [0.2, 0.25) is 0 Å². The van der Waals surface area contributed by atoms with Crippen LogP contribution >= 0.6 is 0 Å². The number of aliphatic hydroxyl groups is 1. The highest BCUT2D eigenvalue weighted by molar-refractivity contribution is 5.70. The van der Waals surface area contributed by atoms with Crippen molar-refractivity contribution in [1.29, 1.82) is 0 Å². The number of esters is 1. The summed E-state index contributed by atoms with van der Waals surface area (Å²) in [5.41, 5.74) is 0.878. The van der Waals surface area contributed by atoms with Crippen molar-refractivity contribution < 1.29 is 24.2 Å². The Bertz CT molecular complexity index is 449. The lowest BCUT2D eigenvalue weighted by Gasteiger charge is -2.12. The number of nitrogens with one attached hydrogen (secondary N) is 1. The maximum absolute atomic E-state index is 11.6. The lowest BCUT2D eigenvalue weighted by molar-refractivity contribution is -0.147. The number of alkyl carbamates (subject to hydrolysis) is 1. The van der Waals surface area contributed by atoms with E-state index in [9.17, 15) is 14.7 Å². The number of rotatable bonds is 9. The molecule has 1 unspecified atom stereocenters. The molecule has 1 rings (SSSR count). The fraction of sp³-hybridized carbons (Fsp3) is 0.500. The third-order valence-corrected chi connectivity index (χ3v) is 2.86. The number of carbonyl (C=O) groups excluding carboxylic acids is 2. The van der Waals surface area contributed by atoms with Crippen LogP contribution in [0.25, 0.3) is 0 Å². The van der Waals surface area contributed by atoms with Gasteiger partial charge in [0.2, 0.25) is 0 Å². The second kappa shape index (κ2) is 10.6. The molecule has 0 aliphatic rings. The number of ether oxygens (including phenoxy) is 2. The number of hydrogen-bond donors (Lipinski definition) is 2. The third-order valence-electron chi connectivity index (χ3n) is 2.86. The van der Waals surface area contributed by atoms with Gasteiger partial charge in [-0.25, -0.2) is 4.79 Å². The van der Waals surface area contributed by atoms with Gasteiger partial charge >= 0.3 is 12.1 Å². The summed E-state index contributed by atoms with van der Waals surface area (Å²) in [6.07, 6.45) is -0.0420. The van der Waals surface area contributed by atoms with Gasteiger partial charge in [-0.2, -0.15) is 0 Å². The molecule has 22 heavy (non-hydrogen) atoms. The molecule has 0 saturated carbocycles. The van der Waals surface area contributed by atoms with Gasteiger partial charge in [0, 0.05) is 6.54 Å². The first-order chi connectivity index (χ1) is 10.6. The van der Waals surface area contributed by atoms with Crippen LogP contribution in [-0.2, 0) is 20.9 Å². The lowest BCUT2D eigenvalue weighted by Crippen LogP contribution is -2.34. The molecule has 1 atom stereocenters. The minimum atomic E-state index is -0.998. The van der Waals surface area contributed by atoms with Gasteiger partial charge in [0.1, 0.15) is 6.61 Å². The molecule has 0 aliphatic carbocycles. The standard InChI is InChI=1S/C16H23NO5/c1-2-3-9-21-16(20)17-11-14(18)10-15(19)22-12-13-7-5-4-6-8-13/h4-8,14,18H,2-3,9-12H2,1H3,(H,17,20). The lowest BCUT2D eigenvalue weighted by atomic mass is 10.2. The fourth-order valence-corrected chi connectivity index (χ4v) is 1.62. The molecule has 2 N–H and O–H groups in total. The minimum absolute atomic E-state index is 0.0502. The summed E-state index contributed by atoms with van der Waals surface area (Å²) in [5.74, 6) is -0.516. The van der Waals surface area contributed by atoms with Gasteiger partial charge in [0.25, 0.3) is 0 Å². The van der Waals surface area contributed by atoms with Crippen LogP contribution in [0.1, 0.15) is 31.7 Å². The SMILES string of the molecule is CCCCOC(=O)NCC(O)CC(=O)OCc1ccccc1. The van der Waals surface area contributed by atoms with E-state index in [0.29, 0.717) is 6.61 Å². The van der Waals surface area contributed by atoms with Gasteiger partial charge < -0.3 is 19.9 Å². The Kier molecular flexibility index (Phi) is 8.67. The van der Waals surface area contributed by atoms with Crippen molar-refractivity contribution in [3.05, 3.63) is 35.9 Å². The van der Waals surface area contributed by atoms with Crippen LogP contribution in [-0.4, -0.2) is 36.4 Å². The van der Waals surface area contributed by atoms with Crippen LogP contribution in [0.5, 0.6) is 0 Å². The summed E-state index contributed by atoms with van der Waals surface area (Å²) in [6, 6.07) is 9.27. The number of carbonyl (C=O) groups is 2. The van der Waals surface area contributed by atoms with E-state index >= 15 is 0 Å². The molecule has 0 saturated heterocycles. The van der Waals surface area contributed by atoms with Crippen molar-refractivity contribution in [3.8, 4) is 0 Å². The van der Waals surface area contributed by atoms with Crippen LogP contribution in [0.15, 0.2) is 30.3 Å². The first-order valence-electron chi connectivity index (χ1n) is 7.40. The van der Waals surface area contributed by atoms with Crippen LogP contribution in [0, 0.1) is 0 Å². The predicted molar refractivity (Wildman–Crippen MR) is 81.1 cm³/mol. The van der Waals surface area contributed by atoms with Gasteiger partial charge in [-0.05, 0) is 12.0 Å². The Hall–Kier alpha value is -2.08. The first kappa shape index (κ1) is 18.0. The number of hydrogen-bond acceptors (Lipinski definition) is 5. The molecule has 1 aromatic rings. The van der Waals surface area contributed by atoms with Crippen LogP contribution < -0.4 is 5.32 Å². The van der Waals surface area contributed by atoms with Gasteiger partial charge in [-0.1, -0.05) is 43.7 Å². The monoisotopic (exact) mass is 309 g/mol. The molecule has 0 heterocycles. The van der Waals surface area contributed by atoms with E-state index < -0.39 is 18.2 Å². The zero-order valence-electron chi connectivity index (χ0n) is 12.8. The van der Waals surface area contributed by atoms with E-state index in [1.54, 1.807) is 0 Å². The zero-order chi connectivity index (χ0) is 16.2. The molecular formula is C16H23NO5. The number of unbranched alkanes of at least 4 members (excludes halogenated alkanes) is 1. The highest BCUT2D eigenvalue weighted by Crippen LogP contribution is 2.03. The molecule has 0 radical (unpaired) electrons. The van der Waals surface area contributed by atoms with Crippen molar-refractivity contribution in [2.75, 3.05) is 13.2 Å². The summed E-state index contributed by atoms with van der Waals surface area (Å²) in [4.78, 5) is 22.8. The Balaban J connectivity index is 2.14. The van der Waals surface area contributed by atoms with Gasteiger partial charge in [-0.15, -0.1) is 0 Å². The number of aliphatic hydroxyl groups excluding tert-OH is 1. The summed E-state index contributed by atoms with van der Waals surface area (Å²) in [7, 11) is 0. The average Bonchev–Trinajstić information content (AvgIpc) is 2.52. The maximum atomic E-state index is 11.6. The van der Waals surface area contributed by atoms with Crippen molar-refractivity contribution in [2.45, 2.75) is 38.9 Å². The van der Waals surface area contributed by atoms with Crippen LogP contribution in [0.4, 0.5) is 4.79 Å². The molecule has 0 bridgehead atoms. The van der Waals surface area contributed by atoms with E-state index in [1.165, 1.54) is 0 Å². The van der Waals surface area contributed by atoms with Crippen molar-refractivity contribution in [2.24, 2.45) is 0 Å². The third kappa shape index (κ3) is 8.26. The molecule has 0 fully saturated rings. The Morgan fingerprint density at radius 3 is 2.64 bits per heavy atom. The Labute approximate surface area is 130 Å². The minimum Gasteiger partial charge on any atom is -0.461 e. The maximum Gasteiger partial charge on any atom is 0.407 e. The smallest absolute Gasteiger partial charge is 0.407 e. The summed E-state index contributed by atoms with van der Waals surface area (Å²) < 4.78 is 9.91. The molecule has 6 nitrogen and oxygen atoms in total. The van der Waals surface area contributed by atoms with E-state index in [4.69, 9.17) is 9.47 Å². The van der Waals surface area contributed by atoms with E-state index in [0.717, 1.165) is 18.4 Å². The van der Waals surface area contributed by atoms with E-state index in [2.05, 4.69) is 5.32 Å². The van der Waals surface area contributed by atoms with Gasteiger partial charge in [0.05, 0.1) is 19.1 Å². The highest BCUT2D eigenvalue weighted by Gasteiger charge is 2.13. The molecular weight excluding hydrogens is 286 g/mol. The second-order valence-electron chi connectivity index (χ2n) is 4.87. The molecule has 1 amide bonds. The predicted octanol–water partition coefficient (Wildman–Crippen LogP) is 2.01. The first-order valence-corrected chi connectivity index (χ1v) is 7.40. The van der Waals surface area contributed by atoms with E-state index in [1.807, 2.05) is 37.3 Å². The fourth-order valence-electron chi connectivity index (χ4n) is 1.62. The van der Waals surface area contributed by atoms with Crippen molar-refractivity contribution in [1.82, 2.24) is 5.32 Å². The second-order valence-corrected chi connectivity index (χ2v) is 4.87. The van der Waals surface area contributed by atoms with Gasteiger partial charge in [-0.3, -0.25) is 4.79 Å². The summed E-state index contributed by atoms with van der Waals surface area (Å²) >= 11 is 0. The number of amides is 1. The normalized spacial score (nSPS) is 11.5. The van der Waals surface area contributed by atoms with Crippen molar-refractivity contribution in [3.63, 3.8) is 0 Å².